The van der Waals surface area contributed by atoms with Crippen molar-refractivity contribution in [2.24, 2.45) is 0 Å². The van der Waals surface area contributed by atoms with Crippen molar-refractivity contribution in [1.29, 1.82) is 0 Å². The topological polar surface area (TPSA) is 107 Å². The maximum atomic E-state index is 12.1. The Morgan fingerprint density at radius 2 is 2.00 bits per heavy atom. The third-order valence-electron chi connectivity index (χ3n) is 4.07. The van der Waals surface area contributed by atoms with E-state index in [0.717, 1.165) is 17.2 Å². The number of methoxy groups -OCH3 is 1. The van der Waals surface area contributed by atoms with Crippen molar-refractivity contribution in [3.05, 3.63) is 54.0 Å². The number of rotatable bonds is 7. The Balaban J connectivity index is 1.54. The van der Waals surface area contributed by atoms with E-state index in [-0.39, 0.29) is 5.91 Å². The molecular weight excluding hydrogens is 346 g/mol. The molecule has 9 heteroatoms. The van der Waals surface area contributed by atoms with Gasteiger partial charge in [0.15, 0.2) is 0 Å². The van der Waals surface area contributed by atoms with Crippen LogP contribution in [0.5, 0.6) is 5.88 Å². The molecule has 0 aliphatic carbocycles. The van der Waals surface area contributed by atoms with Crippen LogP contribution < -0.4 is 15.4 Å². The van der Waals surface area contributed by atoms with Gasteiger partial charge >= 0.3 is 0 Å². The average molecular weight is 367 g/mol. The molecule has 0 aliphatic heterocycles. The molecule has 9 nitrogen and oxygen atoms in total. The van der Waals surface area contributed by atoms with E-state index in [4.69, 9.17) is 4.74 Å². The van der Waals surface area contributed by atoms with Crippen molar-refractivity contribution in [2.45, 2.75) is 13.8 Å². The lowest BCUT2D eigenvalue weighted by molar-refractivity contribution is 0.0954. The van der Waals surface area contributed by atoms with Gasteiger partial charge in [0.25, 0.3) is 5.91 Å². The van der Waals surface area contributed by atoms with Gasteiger partial charge in [-0.15, -0.1) is 0 Å². The highest BCUT2D eigenvalue weighted by atomic mass is 16.5. The summed E-state index contributed by atoms with van der Waals surface area (Å²) in [6.07, 6.45) is 4.77. The van der Waals surface area contributed by atoms with Crippen molar-refractivity contribution in [1.82, 2.24) is 29.8 Å². The number of imidazole rings is 1. The molecule has 1 amide bonds. The van der Waals surface area contributed by atoms with Crippen molar-refractivity contribution in [3.8, 4) is 11.7 Å². The Bertz CT molecular complexity index is 939. The van der Waals surface area contributed by atoms with Crippen LogP contribution in [-0.4, -0.2) is 50.6 Å². The second kappa shape index (κ2) is 8.26. The molecule has 0 saturated heterocycles. The van der Waals surface area contributed by atoms with E-state index in [1.165, 1.54) is 19.6 Å². The van der Waals surface area contributed by atoms with E-state index < -0.39 is 0 Å². The van der Waals surface area contributed by atoms with Gasteiger partial charge in [0.1, 0.15) is 24.3 Å². The molecule has 3 aromatic heterocycles. The van der Waals surface area contributed by atoms with Gasteiger partial charge in [0.05, 0.1) is 12.8 Å². The minimum atomic E-state index is -0.189. The number of pyridine rings is 1. The molecule has 140 valence electrons. The van der Waals surface area contributed by atoms with Crippen LogP contribution in [0.1, 0.15) is 21.7 Å². The van der Waals surface area contributed by atoms with Crippen LogP contribution in [0.25, 0.3) is 5.82 Å². The van der Waals surface area contributed by atoms with E-state index in [1.807, 2.05) is 24.5 Å². The predicted octanol–water partition coefficient (Wildman–Crippen LogP) is 1.52. The Hall–Kier alpha value is -3.49. The number of aryl methyl sites for hydroxylation is 1. The summed E-state index contributed by atoms with van der Waals surface area (Å²) in [5.41, 5.74) is 2.48. The third kappa shape index (κ3) is 4.38. The standard InChI is InChI=1S/C18H21N7O2/c1-12-13(2)25(11-24-12)16-9-15(22-10-23-16)19-6-7-21-18(26)14-4-5-20-17(8-14)27-3/h4-5,8-11H,6-7H2,1-3H3,(H,21,26)(H,19,22,23). The van der Waals surface area contributed by atoms with Crippen LogP contribution in [0, 0.1) is 13.8 Å². The molecule has 0 radical (unpaired) electrons. The lowest BCUT2D eigenvalue weighted by Gasteiger charge is -2.09. The number of carbonyl (C=O) groups is 1. The fourth-order valence-electron chi connectivity index (χ4n) is 2.44. The molecule has 0 atom stereocenters. The van der Waals surface area contributed by atoms with Gasteiger partial charge in [-0.1, -0.05) is 0 Å². The van der Waals surface area contributed by atoms with Gasteiger partial charge in [0.2, 0.25) is 5.88 Å². The molecule has 3 heterocycles. The summed E-state index contributed by atoms with van der Waals surface area (Å²) in [6.45, 7) is 4.90. The van der Waals surface area contributed by atoms with E-state index in [9.17, 15) is 4.79 Å². The van der Waals surface area contributed by atoms with Gasteiger partial charge < -0.3 is 15.4 Å². The summed E-state index contributed by atoms with van der Waals surface area (Å²) in [6, 6.07) is 5.07. The number of hydrogen-bond donors (Lipinski definition) is 2. The number of nitrogens with zero attached hydrogens (tertiary/aromatic N) is 5. The van der Waals surface area contributed by atoms with Crippen LogP contribution in [0.2, 0.25) is 0 Å². The zero-order chi connectivity index (χ0) is 19.2. The van der Waals surface area contributed by atoms with Crippen LogP contribution in [0.15, 0.2) is 37.1 Å². The molecule has 0 aliphatic rings. The first-order chi connectivity index (χ1) is 13.1. The second-order valence-corrected chi connectivity index (χ2v) is 5.82. The quantitative estimate of drug-likeness (QED) is 0.610. The molecule has 2 N–H and O–H groups in total. The number of amides is 1. The maximum absolute atomic E-state index is 12.1. The van der Waals surface area contributed by atoms with Gasteiger partial charge in [-0.3, -0.25) is 9.36 Å². The predicted molar refractivity (Wildman–Crippen MR) is 100 cm³/mol. The number of aromatic nitrogens is 5. The van der Waals surface area contributed by atoms with Gasteiger partial charge in [-0.2, -0.15) is 0 Å². The van der Waals surface area contributed by atoms with E-state index in [1.54, 1.807) is 18.5 Å². The monoisotopic (exact) mass is 367 g/mol. The fourth-order valence-corrected chi connectivity index (χ4v) is 2.44. The normalized spacial score (nSPS) is 10.5. The Morgan fingerprint density at radius 1 is 1.15 bits per heavy atom. The minimum absolute atomic E-state index is 0.189. The Kier molecular flexibility index (Phi) is 5.60. The number of nitrogens with one attached hydrogen (secondary N) is 2. The molecule has 0 unspecified atom stereocenters. The first-order valence-electron chi connectivity index (χ1n) is 8.43. The van der Waals surface area contributed by atoms with Gasteiger partial charge in [-0.25, -0.2) is 19.9 Å². The van der Waals surface area contributed by atoms with Crippen LogP contribution in [-0.2, 0) is 0 Å². The molecule has 0 aromatic carbocycles. The first-order valence-corrected chi connectivity index (χ1v) is 8.43. The number of ether oxygens (including phenoxy) is 1. The summed E-state index contributed by atoms with van der Waals surface area (Å²) < 4.78 is 6.93. The molecular formula is C18H21N7O2. The smallest absolute Gasteiger partial charge is 0.251 e. The van der Waals surface area contributed by atoms with Crippen LogP contribution >= 0.6 is 0 Å². The molecule has 0 saturated carbocycles. The Morgan fingerprint density at radius 3 is 2.74 bits per heavy atom. The summed E-state index contributed by atoms with van der Waals surface area (Å²) in [4.78, 5) is 28.9. The minimum Gasteiger partial charge on any atom is -0.481 e. The number of hydrogen-bond acceptors (Lipinski definition) is 7. The summed E-state index contributed by atoms with van der Waals surface area (Å²) in [7, 11) is 1.51. The summed E-state index contributed by atoms with van der Waals surface area (Å²) >= 11 is 0. The molecule has 0 fully saturated rings. The highest BCUT2D eigenvalue weighted by Crippen LogP contribution is 2.13. The van der Waals surface area contributed by atoms with Crippen molar-refractivity contribution in [2.75, 3.05) is 25.5 Å². The van der Waals surface area contributed by atoms with Crippen molar-refractivity contribution >= 4 is 11.7 Å². The highest BCUT2D eigenvalue weighted by molar-refractivity contribution is 5.94. The third-order valence-corrected chi connectivity index (χ3v) is 4.07. The molecule has 27 heavy (non-hydrogen) atoms. The zero-order valence-electron chi connectivity index (χ0n) is 15.4. The molecule has 3 rings (SSSR count). The number of carbonyl (C=O) groups excluding carboxylic acids is 1. The van der Waals surface area contributed by atoms with E-state index in [2.05, 4.69) is 30.6 Å². The van der Waals surface area contributed by atoms with E-state index >= 15 is 0 Å². The van der Waals surface area contributed by atoms with Gasteiger partial charge in [-0.05, 0) is 19.9 Å². The molecule has 3 aromatic rings. The Labute approximate surface area is 156 Å². The fraction of sp³-hybridized carbons (Fsp3) is 0.278. The second-order valence-electron chi connectivity index (χ2n) is 5.82. The molecule has 0 spiro atoms. The van der Waals surface area contributed by atoms with Crippen molar-refractivity contribution in [3.63, 3.8) is 0 Å². The largest absolute Gasteiger partial charge is 0.481 e. The lowest BCUT2D eigenvalue weighted by Crippen LogP contribution is -2.29. The summed E-state index contributed by atoms with van der Waals surface area (Å²) in [5.74, 6) is 1.62. The van der Waals surface area contributed by atoms with Crippen LogP contribution in [0.3, 0.4) is 0 Å². The SMILES string of the molecule is COc1cc(C(=O)NCCNc2cc(-n3cnc(C)c3C)ncn2)ccn1. The van der Waals surface area contributed by atoms with Crippen LogP contribution in [0.4, 0.5) is 5.82 Å². The highest BCUT2D eigenvalue weighted by Gasteiger charge is 2.08. The average Bonchev–Trinajstić information content (AvgIpc) is 3.04. The number of anilines is 1. The zero-order valence-corrected chi connectivity index (χ0v) is 15.4. The lowest BCUT2D eigenvalue weighted by atomic mass is 10.2. The summed E-state index contributed by atoms with van der Waals surface area (Å²) in [5, 5.41) is 6.01. The molecule has 0 bridgehead atoms. The van der Waals surface area contributed by atoms with E-state index in [0.29, 0.717) is 30.4 Å². The van der Waals surface area contributed by atoms with Crippen molar-refractivity contribution < 1.29 is 9.53 Å². The first kappa shape index (κ1) is 18.3. The maximum Gasteiger partial charge on any atom is 0.251 e. The van der Waals surface area contributed by atoms with Gasteiger partial charge in [0, 0.05) is 42.7 Å².